The molecule has 0 saturated heterocycles. The largest absolute Gasteiger partial charge is 0.362 e. The molecular formula is C21H26N6O. The molecule has 1 aromatic heterocycles. The van der Waals surface area contributed by atoms with E-state index in [1.165, 1.54) is 0 Å². The lowest BCUT2D eigenvalue weighted by atomic mass is 9.91. The van der Waals surface area contributed by atoms with E-state index in [-0.39, 0.29) is 11.9 Å². The van der Waals surface area contributed by atoms with Crippen molar-refractivity contribution in [3.63, 3.8) is 0 Å². The van der Waals surface area contributed by atoms with Crippen LogP contribution in [0.25, 0.3) is 0 Å². The number of nitriles is 1. The van der Waals surface area contributed by atoms with E-state index >= 15 is 0 Å². The molecule has 0 aliphatic heterocycles. The van der Waals surface area contributed by atoms with Gasteiger partial charge >= 0.3 is 0 Å². The van der Waals surface area contributed by atoms with E-state index < -0.39 is 0 Å². The van der Waals surface area contributed by atoms with Crippen molar-refractivity contribution in [3.8, 4) is 6.07 Å². The molecule has 0 atom stereocenters. The SMILES string of the molecule is Cc1cnc(NC2CCC(NC(=O)c3cccc(C#N)c3)CC2)nc1N(C)C. The molecule has 1 heterocycles. The number of benzene rings is 1. The minimum atomic E-state index is -0.119. The number of hydrogen-bond donors (Lipinski definition) is 2. The van der Waals surface area contributed by atoms with Crippen LogP contribution in [-0.2, 0) is 0 Å². The van der Waals surface area contributed by atoms with E-state index in [2.05, 4.69) is 26.7 Å². The fourth-order valence-corrected chi connectivity index (χ4v) is 3.52. The number of rotatable bonds is 5. The predicted molar refractivity (Wildman–Crippen MR) is 109 cm³/mol. The van der Waals surface area contributed by atoms with Crippen molar-refractivity contribution in [2.45, 2.75) is 44.7 Å². The molecule has 0 spiro atoms. The molecule has 2 aromatic rings. The Bertz CT molecular complexity index is 881. The summed E-state index contributed by atoms with van der Waals surface area (Å²) < 4.78 is 0. The Labute approximate surface area is 165 Å². The highest BCUT2D eigenvalue weighted by atomic mass is 16.1. The smallest absolute Gasteiger partial charge is 0.251 e. The van der Waals surface area contributed by atoms with Gasteiger partial charge in [0.1, 0.15) is 5.82 Å². The van der Waals surface area contributed by atoms with Crippen LogP contribution in [0.5, 0.6) is 0 Å². The van der Waals surface area contributed by atoms with Gasteiger partial charge in [0.25, 0.3) is 5.91 Å². The zero-order valence-corrected chi connectivity index (χ0v) is 16.6. The van der Waals surface area contributed by atoms with Crippen LogP contribution in [0.1, 0.15) is 47.2 Å². The molecule has 1 aromatic carbocycles. The van der Waals surface area contributed by atoms with Gasteiger partial charge in [0.2, 0.25) is 5.95 Å². The van der Waals surface area contributed by atoms with Crippen molar-refractivity contribution in [1.82, 2.24) is 15.3 Å². The summed E-state index contributed by atoms with van der Waals surface area (Å²) in [6.07, 6.45) is 5.52. The van der Waals surface area contributed by atoms with E-state index in [0.717, 1.165) is 37.1 Å². The van der Waals surface area contributed by atoms with Gasteiger partial charge in [-0.15, -0.1) is 0 Å². The first-order chi connectivity index (χ1) is 13.5. The van der Waals surface area contributed by atoms with Crippen LogP contribution in [0.2, 0.25) is 0 Å². The highest BCUT2D eigenvalue weighted by molar-refractivity contribution is 5.94. The van der Waals surface area contributed by atoms with E-state index in [0.29, 0.717) is 23.1 Å². The number of aromatic nitrogens is 2. The molecule has 1 aliphatic carbocycles. The summed E-state index contributed by atoms with van der Waals surface area (Å²) in [5.41, 5.74) is 2.07. The molecule has 0 unspecified atom stereocenters. The molecule has 0 radical (unpaired) electrons. The van der Waals surface area contributed by atoms with Gasteiger partial charge in [0, 0.05) is 43.5 Å². The molecule has 1 fully saturated rings. The van der Waals surface area contributed by atoms with Crippen LogP contribution in [0.4, 0.5) is 11.8 Å². The molecule has 0 bridgehead atoms. The molecule has 7 heteroatoms. The lowest BCUT2D eigenvalue weighted by molar-refractivity contribution is 0.0926. The van der Waals surface area contributed by atoms with Crippen LogP contribution < -0.4 is 15.5 Å². The Kier molecular flexibility index (Phi) is 6.09. The summed E-state index contributed by atoms with van der Waals surface area (Å²) in [5, 5.41) is 15.5. The van der Waals surface area contributed by atoms with Gasteiger partial charge in [-0.25, -0.2) is 4.98 Å². The van der Waals surface area contributed by atoms with Crippen molar-refractivity contribution in [2.75, 3.05) is 24.3 Å². The molecule has 1 amide bonds. The third-order valence-electron chi connectivity index (χ3n) is 5.02. The van der Waals surface area contributed by atoms with Gasteiger partial charge in [-0.3, -0.25) is 4.79 Å². The third-order valence-corrected chi connectivity index (χ3v) is 5.02. The Morgan fingerprint density at radius 1 is 1.21 bits per heavy atom. The maximum atomic E-state index is 12.4. The van der Waals surface area contributed by atoms with Crippen molar-refractivity contribution < 1.29 is 4.79 Å². The second-order valence-corrected chi connectivity index (χ2v) is 7.45. The number of nitrogens with one attached hydrogen (secondary N) is 2. The Morgan fingerprint density at radius 3 is 2.61 bits per heavy atom. The van der Waals surface area contributed by atoms with Crippen LogP contribution in [0, 0.1) is 18.3 Å². The summed E-state index contributed by atoms with van der Waals surface area (Å²) >= 11 is 0. The molecule has 146 valence electrons. The average molecular weight is 378 g/mol. The zero-order valence-electron chi connectivity index (χ0n) is 16.6. The van der Waals surface area contributed by atoms with E-state index in [4.69, 9.17) is 5.26 Å². The van der Waals surface area contributed by atoms with Gasteiger partial charge in [-0.05, 0) is 50.8 Å². The first kappa shape index (κ1) is 19.6. The number of anilines is 2. The van der Waals surface area contributed by atoms with Gasteiger partial charge < -0.3 is 15.5 Å². The zero-order chi connectivity index (χ0) is 20.1. The van der Waals surface area contributed by atoms with Crippen LogP contribution >= 0.6 is 0 Å². The fraction of sp³-hybridized carbons (Fsp3) is 0.429. The van der Waals surface area contributed by atoms with E-state index in [1.807, 2.05) is 32.1 Å². The van der Waals surface area contributed by atoms with Crippen molar-refractivity contribution in [1.29, 1.82) is 5.26 Å². The van der Waals surface area contributed by atoms with Crippen molar-refractivity contribution >= 4 is 17.7 Å². The van der Waals surface area contributed by atoms with Crippen LogP contribution in [0.15, 0.2) is 30.5 Å². The molecule has 7 nitrogen and oxygen atoms in total. The second-order valence-electron chi connectivity index (χ2n) is 7.45. The molecule has 3 rings (SSSR count). The summed E-state index contributed by atoms with van der Waals surface area (Å²) in [5.74, 6) is 1.44. The monoisotopic (exact) mass is 378 g/mol. The Hall–Kier alpha value is -3.14. The Morgan fingerprint density at radius 2 is 1.93 bits per heavy atom. The van der Waals surface area contributed by atoms with Gasteiger partial charge in [-0.2, -0.15) is 10.2 Å². The standard InChI is InChI=1S/C21H26N6O/c1-14-13-23-21(26-19(14)27(2)3)25-18-9-7-17(8-10-18)24-20(28)16-6-4-5-15(11-16)12-22/h4-6,11,13,17-18H,7-10H2,1-3H3,(H,24,28)(H,23,25,26). The summed E-state index contributed by atoms with van der Waals surface area (Å²) in [4.78, 5) is 23.4. The van der Waals surface area contributed by atoms with E-state index in [9.17, 15) is 4.79 Å². The van der Waals surface area contributed by atoms with E-state index in [1.54, 1.807) is 24.3 Å². The predicted octanol–water partition coefficient (Wildman–Crippen LogP) is 2.88. The number of nitrogens with zero attached hydrogens (tertiary/aromatic N) is 4. The number of aryl methyl sites for hydroxylation is 1. The maximum absolute atomic E-state index is 12.4. The summed E-state index contributed by atoms with van der Waals surface area (Å²) in [6, 6.07) is 9.30. The topological polar surface area (TPSA) is 93.9 Å². The van der Waals surface area contributed by atoms with Gasteiger partial charge in [0.05, 0.1) is 11.6 Å². The molecular weight excluding hydrogens is 352 g/mol. The fourth-order valence-electron chi connectivity index (χ4n) is 3.52. The third kappa shape index (κ3) is 4.77. The lowest BCUT2D eigenvalue weighted by Gasteiger charge is -2.30. The quantitative estimate of drug-likeness (QED) is 0.831. The molecule has 1 saturated carbocycles. The molecule has 1 aliphatic rings. The number of amides is 1. The average Bonchev–Trinajstić information content (AvgIpc) is 2.70. The highest BCUT2D eigenvalue weighted by Gasteiger charge is 2.23. The Balaban J connectivity index is 1.53. The normalized spacial score (nSPS) is 18.8. The molecule has 28 heavy (non-hydrogen) atoms. The van der Waals surface area contributed by atoms with Crippen LogP contribution in [0.3, 0.4) is 0 Å². The lowest BCUT2D eigenvalue weighted by Crippen LogP contribution is -2.40. The second kappa shape index (κ2) is 8.70. The summed E-state index contributed by atoms with van der Waals surface area (Å²) in [6.45, 7) is 2.00. The maximum Gasteiger partial charge on any atom is 0.251 e. The first-order valence-electron chi connectivity index (χ1n) is 9.55. The summed E-state index contributed by atoms with van der Waals surface area (Å²) in [7, 11) is 3.94. The van der Waals surface area contributed by atoms with Gasteiger partial charge in [-0.1, -0.05) is 6.07 Å². The minimum absolute atomic E-state index is 0.119. The number of carbonyl (C=O) groups excluding carboxylic acids is 1. The number of hydrogen-bond acceptors (Lipinski definition) is 6. The van der Waals surface area contributed by atoms with Crippen LogP contribution in [-0.4, -0.2) is 42.1 Å². The number of carbonyl (C=O) groups is 1. The van der Waals surface area contributed by atoms with Gasteiger partial charge in [0.15, 0.2) is 0 Å². The highest BCUT2D eigenvalue weighted by Crippen LogP contribution is 2.23. The van der Waals surface area contributed by atoms with Crippen molar-refractivity contribution in [2.24, 2.45) is 0 Å². The minimum Gasteiger partial charge on any atom is -0.362 e. The first-order valence-corrected chi connectivity index (χ1v) is 9.55. The molecule has 2 N–H and O–H groups in total. The van der Waals surface area contributed by atoms with Crippen molar-refractivity contribution in [3.05, 3.63) is 47.2 Å².